The summed E-state index contributed by atoms with van der Waals surface area (Å²) in [5.74, 6) is -1.19. The van der Waals surface area contributed by atoms with Crippen molar-refractivity contribution < 1.29 is 19.1 Å². The summed E-state index contributed by atoms with van der Waals surface area (Å²) in [7, 11) is 0. The number of phenols is 1. The molecule has 0 bridgehead atoms. The van der Waals surface area contributed by atoms with Crippen LogP contribution in [0.25, 0.3) is 0 Å². The highest BCUT2D eigenvalue weighted by Gasteiger charge is 2.27. The average Bonchev–Trinajstić information content (AvgIpc) is 2.66. The number of likely N-dealkylation sites (tertiary alicyclic amines) is 1. The van der Waals surface area contributed by atoms with E-state index in [9.17, 15) is 19.1 Å². The molecule has 0 aliphatic carbocycles. The molecule has 6 heteroatoms. The molecule has 0 radical (unpaired) electrons. The summed E-state index contributed by atoms with van der Waals surface area (Å²) in [6, 6.07) is 11.5. The van der Waals surface area contributed by atoms with E-state index in [2.05, 4.69) is 5.32 Å². The van der Waals surface area contributed by atoms with Gasteiger partial charge < -0.3 is 15.3 Å². The maximum absolute atomic E-state index is 13.9. The molecule has 0 aromatic heterocycles. The van der Waals surface area contributed by atoms with Gasteiger partial charge in [-0.1, -0.05) is 18.2 Å². The second-order valence-electron chi connectivity index (χ2n) is 7.33. The summed E-state index contributed by atoms with van der Waals surface area (Å²) in [4.78, 5) is 26.2. The number of aryl methyl sites for hydroxylation is 1. The van der Waals surface area contributed by atoms with E-state index in [0.717, 1.165) is 30.5 Å². The molecule has 5 nitrogen and oxygen atoms in total. The van der Waals surface area contributed by atoms with Crippen molar-refractivity contribution in [2.24, 2.45) is 5.92 Å². The van der Waals surface area contributed by atoms with Gasteiger partial charge in [0.2, 0.25) is 5.91 Å². The number of aromatic hydroxyl groups is 1. The first-order valence-electron chi connectivity index (χ1n) is 9.57. The summed E-state index contributed by atoms with van der Waals surface area (Å²) in [6.07, 6.45) is 2.71. The van der Waals surface area contributed by atoms with Crippen LogP contribution in [-0.2, 0) is 4.79 Å². The Labute approximate surface area is 164 Å². The molecule has 1 fully saturated rings. The minimum Gasteiger partial charge on any atom is -0.507 e. The highest BCUT2D eigenvalue weighted by molar-refractivity contribution is 5.97. The molecule has 0 spiro atoms. The number of nitrogens with one attached hydrogen (secondary N) is 1. The van der Waals surface area contributed by atoms with E-state index in [1.54, 1.807) is 4.90 Å². The third-order valence-corrected chi connectivity index (χ3v) is 5.19. The molecule has 148 valence electrons. The Kier molecular flexibility index (Phi) is 6.29. The Balaban J connectivity index is 1.46. The second kappa shape index (κ2) is 8.87. The molecule has 1 aliphatic rings. The number of benzene rings is 2. The van der Waals surface area contributed by atoms with E-state index in [0.29, 0.717) is 25.4 Å². The lowest BCUT2D eigenvalue weighted by Gasteiger charge is -2.32. The maximum atomic E-state index is 13.9. The number of anilines is 1. The van der Waals surface area contributed by atoms with Crippen molar-refractivity contribution in [3.05, 3.63) is 59.4 Å². The lowest BCUT2D eigenvalue weighted by molar-refractivity contribution is -0.116. The van der Waals surface area contributed by atoms with E-state index in [1.165, 1.54) is 18.2 Å². The van der Waals surface area contributed by atoms with Crippen LogP contribution in [0.5, 0.6) is 5.75 Å². The van der Waals surface area contributed by atoms with E-state index in [4.69, 9.17) is 0 Å². The summed E-state index contributed by atoms with van der Waals surface area (Å²) < 4.78 is 13.9. The van der Waals surface area contributed by atoms with Gasteiger partial charge in [0.15, 0.2) is 0 Å². The molecule has 28 heavy (non-hydrogen) atoms. The third-order valence-electron chi connectivity index (χ3n) is 5.19. The molecule has 0 atom stereocenters. The summed E-state index contributed by atoms with van der Waals surface area (Å²) in [6.45, 7) is 2.97. The van der Waals surface area contributed by atoms with Crippen molar-refractivity contribution >= 4 is 17.5 Å². The molecule has 1 saturated heterocycles. The number of nitrogens with zero attached hydrogens (tertiary/aromatic N) is 1. The van der Waals surface area contributed by atoms with E-state index >= 15 is 0 Å². The number of carbonyl (C=O) groups excluding carboxylic acids is 2. The number of carbonyl (C=O) groups is 2. The third kappa shape index (κ3) is 4.88. The van der Waals surface area contributed by atoms with Crippen LogP contribution in [0.2, 0.25) is 0 Å². The number of halogens is 1. The molecule has 2 N–H and O–H groups in total. The number of hydrogen-bond donors (Lipinski definition) is 2. The van der Waals surface area contributed by atoms with E-state index in [1.807, 2.05) is 31.2 Å². The molecule has 0 unspecified atom stereocenters. The first-order chi connectivity index (χ1) is 13.4. The smallest absolute Gasteiger partial charge is 0.260 e. The lowest BCUT2D eigenvalue weighted by atomic mass is 9.91. The summed E-state index contributed by atoms with van der Waals surface area (Å²) >= 11 is 0. The zero-order chi connectivity index (χ0) is 20.1. The monoisotopic (exact) mass is 384 g/mol. The normalized spacial score (nSPS) is 14.7. The Bertz CT molecular complexity index is 840. The highest BCUT2D eigenvalue weighted by atomic mass is 19.1. The summed E-state index contributed by atoms with van der Waals surface area (Å²) in [5, 5.41) is 12.7. The van der Waals surface area contributed by atoms with Crippen molar-refractivity contribution in [2.75, 3.05) is 18.4 Å². The second-order valence-corrected chi connectivity index (χ2v) is 7.33. The number of phenolic OH excluding ortho intramolecular Hbond substituents is 1. The van der Waals surface area contributed by atoms with Crippen LogP contribution in [0.1, 0.15) is 41.6 Å². The van der Waals surface area contributed by atoms with Crippen LogP contribution in [-0.4, -0.2) is 34.9 Å². The quantitative estimate of drug-likeness (QED) is 0.815. The minimum atomic E-state index is -0.708. The van der Waals surface area contributed by atoms with E-state index in [-0.39, 0.29) is 17.2 Å². The molecule has 2 aromatic carbocycles. The van der Waals surface area contributed by atoms with Crippen LogP contribution in [0, 0.1) is 18.7 Å². The fraction of sp³-hybridized carbons (Fsp3) is 0.364. The first kappa shape index (κ1) is 19.9. The lowest BCUT2D eigenvalue weighted by Crippen LogP contribution is -2.39. The topological polar surface area (TPSA) is 69.6 Å². The van der Waals surface area contributed by atoms with Gasteiger partial charge in [-0.3, -0.25) is 9.59 Å². The fourth-order valence-electron chi connectivity index (χ4n) is 3.59. The average molecular weight is 384 g/mol. The van der Waals surface area contributed by atoms with Gasteiger partial charge in [-0.15, -0.1) is 0 Å². The highest BCUT2D eigenvalue weighted by Crippen LogP contribution is 2.27. The van der Waals surface area contributed by atoms with Crippen molar-refractivity contribution in [1.82, 2.24) is 4.90 Å². The van der Waals surface area contributed by atoms with Crippen molar-refractivity contribution in [3.8, 4) is 5.75 Å². The molecule has 2 aromatic rings. The number of hydrogen-bond acceptors (Lipinski definition) is 3. The Hall–Kier alpha value is -2.89. The Morgan fingerprint density at radius 1 is 1.18 bits per heavy atom. The Morgan fingerprint density at radius 2 is 1.89 bits per heavy atom. The standard InChI is InChI=1S/C22H25FN2O3/c1-15-4-2-5-17(14-15)24-20(27)9-8-16-10-12-25(13-11-16)22(28)21-18(23)6-3-7-19(21)26/h2-7,14,16,26H,8-13H2,1H3,(H,24,27). The number of piperidine rings is 1. The fourth-order valence-corrected chi connectivity index (χ4v) is 3.59. The minimum absolute atomic E-state index is 0.0135. The van der Waals surface area contributed by atoms with Crippen LogP contribution in [0.15, 0.2) is 42.5 Å². The van der Waals surface area contributed by atoms with Crippen molar-refractivity contribution in [3.63, 3.8) is 0 Å². The number of rotatable bonds is 5. The van der Waals surface area contributed by atoms with Crippen LogP contribution >= 0.6 is 0 Å². The van der Waals surface area contributed by atoms with E-state index < -0.39 is 11.7 Å². The van der Waals surface area contributed by atoms with Crippen LogP contribution < -0.4 is 5.32 Å². The zero-order valence-corrected chi connectivity index (χ0v) is 16.0. The van der Waals surface area contributed by atoms with Crippen molar-refractivity contribution in [2.45, 2.75) is 32.6 Å². The zero-order valence-electron chi connectivity index (χ0n) is 16.0. The molecule has 0 saturated carbocycles. The van der Waals surface area contributed by atoms with Gasteiger partial charge in [-0.05, 0) is 61.9 Å². The van der Waals surface area contributed by atoms with Gasteiger partial charge in [0.25, 0.3) is 5.91 Å². The molecule has 2 amide bonds. The molecule has 3 rings (SSSR count). The number of amides is 2. The Morgan fingerprint density at radius 3 is 2.57 bits per heavy atom. The maximum Gasteiger partial charge on any atom is 0.260 e. The van der Waals surface area contributed by atoms with Crippen LogP contribution in [0.4, 0.5) is 10.1 Å². The first-order valence-corrected chi connectivity index (χ1v) is 9.57. The SMILES string of the molecule is Cc1cccc(NC(=O)CCC2CCN(C(=O)c3c(O)cccc3F)CC2)c1. The predicted molar refractivity (Wildman–Crippen MR) is 106 cm³/mol. The van der Waals surface area contributed by atoms with Crippen molar-refractivity contribution in [1.29, 1.82) is 0 Å². The van der Waals surface area contributed by atoms with Gasteiger partial charge in [0, 0.05) is 25.2 Å². The van der Waals surface area contributed by atoms with Gasteiger partial charge in [-0.2, -0.15) is 0 Å². The largest absolute Gasteiger partial charge is 0.507 e. The van der Waals surface area contributed by atoms with Crippen LogP contribution in [0.3, 0.4) is 0 Å². The molecule has 1 aliphatic heterocycles. The molecule has 1 heterocycles. The van der Waals surface area contributed by atoms with Gasteiger partial charge in [0.1, 0.15) is 17.1 Å². The predicted octanol–water partition coefficient (Wildman–Crippen LogP) is 4.11. The molecular formula is C22H25FN2O3. The summed E-state index contributed by atoms with van der Waals surface area (Å²) in [5.41, 5.74) is 1.63. The van der Waals surface area contributed by atoms with Gasteiger partial charge in [-0.25, -0.2) is 4.39 Å². The van der Waals surface area contributed by atoms with Gasteiger partial charge >= 0.3 is 0 Å². The van der Waals surface area contributed by atoms with Gasteiger partial charge in [0.05, 0.1) is 0 Å². The molecular weight excluding hydrogens is 359 g/mol.